The van der Waals surface area contributed by atoms with Gasteiger partial charge in [0, 0.05) is 6.54 Å². The first kappa shape index (κ1) is 11.9. The molecule has 1 saturated heterocycles. The van der Waals surface area contributed by atoms with Crippen LogP contribution in [0.4, 0.5) is 0 Å². The highest BCUT2D eigenvalue weighted by Gasteiger charge is 2.47. The van der Waals surface area contributed by atoms with Crippen molar-refractivity contribution in [3.05, 3.63) is 29.7 Å². The molecule has 2 fully saturated rings. The predicted molar refractivity (Wildman–Crippen MR) is 71.2 cm³/mol. The van der Waals surface area contributed by atoms with Gasteiger partial charge in [0.1, 0.15) is 11.6 Å². The lowest BCUT2D eigenvalue weighted by atomic mass is 10.2. The van der Waals surface area contributed by atoms with Crippen molar-refractivity contribution >= 4 is 17.0 Å². The Hall–Kier alpha value is -1.92. The second-order valence-corrected chi connectivity index (χ2v) is 5.50. The van der Waals surface area contributed by atoms with Gasteiger partial charge in [-0.3, -0.25) is 4.79 Å². The van der Waals surface area contributed by atoms with Crippen LogP contribution in [0.25, 0.3) is 11.1 Å². The number of morpholine rings is 1. The molecule has 1 aliphatic heterocycles. The van der Waals surface area contributed by atoms with E-state index in [9.17, 15) is 4.79 Å². The van der Waals surface area contributed by atoms with E-state index in [2.05, 4.69) is 10.3 Å². The number of oxazole rings is 1. The van der Waals surface area contributed by atoms with Gasteiger partial charge in [0.15, 0.2) is 5.58 Å². The number of carbonyl (C=O) groups is 1. The third-order valence-electron chi connectivity index (χ3n) is 4.03. The number of para-hydroxylation sites is 1. The molecule has 1 aliphatic carbocycles. The first-order valence-electron chi connectivity index (χ1n) is 6.73. The minimum Gasteiger partial charge on any atom is -0.438 e. The lowest BCUT2D eigenvalue weighted by Gasteiger charge is -2.28. The Morgan fingerprint density at radius 1 is 1.45 bits per heavy atom. The van der Waals surface area contributed by atoms with E-state index in [0.717, 1.165) is 19.4 Å². The van der Waals surface area contributed by atoms with Gasteiger partial charge in [0.2, 0.25) is 5.89 Å². The minimum atomic E-state index is -0.511. The summed E-state index contributed by atoms with van der Waals surface area (Å²) in [5.74, 6) is 0.0345. The zero-order chi connectivity index (χ0) is 13.7. The van der Waals surface area contributed by atoms with Gasteiger partial charge in [-0.25, -0.2) is 4.98 Å². The molecule has 1 atom stereocenters. The number of carbonyl (C=O) groups excluding carboxylic acids is 1. The topological polar surface area (TPSA) is 90.4 Å². The molecule has 1 aromatic heterocycles. The van der Waals surface area contributed by atoms with E-state index in [-0.39, 0.29) is 11.6 Å². The second-order valence-electron chi connectivity index (χ2n) is 5.50. The average Bonchev–Trinajstić information content (AvgIpc) is 3.05. The van der Waals surface area contributed by atoms with Crippen LogP contribution in [0.15, 0.2) is 22.6 Å². The molecule has 1 unspecified atom stereocenters. The summed E-state index contributed by atoms with van der Waals surface area (Å²) in [7, 11) is 0. The normalized spacial score (nSPS) is 24.1. The van der Waals surface area contributed by atoms with E-state index in [1.807, 2.05) is 0 Å². The summed E-state index contributed by atoms with van der Waals surface area (Å²) in [6, 6.07) is 5.12. The van der Waals surface area contributed by atoms with Crippen LogP contribution < -0.4 is 11.1 Å². The van der Waals surface area contributed by atoms with Crippen LogP contribution in [-0.4, -0.2) is 29.6 Å². The number of primary amides is 1. The van der Waals surface area contributed by atoms with Gasteiger partial charge in [-0.05, 0) is 25.0 Å². The Morgan fingerprint density at radius 2 is 2.30 bits per heavy atom. The molecule has 20 heavy (non-hydrogen) atoms. The zero-order valence-electron chi connectivity index (χ0n) is 10.9. The monoisotopic (exact) mass is 273 g/mol. The van der Waals surface area contributed by atoms with Crippen LogP contribution in [0.5, 0.6) is 0 Å². The fourth-order valence-corrected chi connectivity index (χ4v) is 2.61. The van der Waals surface area contributed by atoms with Crippen molar-refractivity contribution in [1.82, 2.24) is 10.3 Å². The summed E-state index contributed by atoms with van der Waals surface area (Å²) < 4.78 is 11.6. The van der Waals surface area contributed by atoms with E-state index in [0.29, 0.717) is 29.2 Å². The number of nitrogens with two attached hydrogens (primary N) is 1. The van der Waals surface area contributed by atoms with Crippen molar-refractivity contribution in [2.45, 2.75) is 24.5 Å². The molecule has 2 aliphatic rings. The Kier molecular flexibility index (Phi) is 2.40. The molecule has 2 heterocycles. The third kappa shape index (κ3) is 1.80. The molecule has 6 heteroatoms. The molecule has 1 amide bonds. The zero-order valence-corrected chi connectivity index (χ0v) is 10.9. The first-order valence-corrected chi connectivity index (χ1v) is 6.73. The highest BCUT2D eigenvalue weighted by atomic mass is 16.5. The van der Waals surface area contributed by atoms with E-state index in [1.165, 1.54) is 0 Å². The summed E-state index contributed by atoms with van der Waals surface area (Å²) in [4.78, 5) is 15.8. The first-order chi connectivity index (χ1) is 9.67. The number of nitrogens with one attached hydrogen (secondary N) is 1. The third-order valence-corrected chi connectivity index (χ3v) is 4.03. The van der Waals surface area contributed by atoms with Gasteiger partial charge in [0.25, 0.3) is 5.91 Å². The number of fused-ring (bicyclic) bond motifs is 1. The average molecular weight is 273 g/mol. The maximum absolute atomic E-state index is 11.4. The molecule has 104 valence electrons. The number of rotatable bonds is 2. The van der Waals surface area contributed by atoms with Crippen LogP contribution in [0.3, 0.4) is 0 Å². The van der Waals surface area contributed by atoms with Crippen LogP contribution >= 0.6 is 0 Å². The molecule has 1 saturated carbocycles. The molecule has 2 aromatic rings. The summed E-state index contributed by atoms with van der Waals surface area (Å²) in [6.07, 6.45) is 2.23. The van der Waals surface area contributed by atoms with Gasteiger partial charge in [-0.15, -0.1) is 0 Å². The summed E-state index contributed by atoms with van der Waals surface area (Å²) in [6.45, 7) is 1.36. The lowest BCUT2D eigenvalue weighted by Crippen LogP contribution is -2.42. The largest absolute Gasteiger partial charge is 0.438 e. The van der Waals surface area contributed by atoms with E-state index in [4.69, 9.17) is 14.9 Å². The Bertz CT molecular complexity index is 680. The fraction of sp³-hybridized carbons (Fsp3) is 0.429. The molecule has 3 N–H and O–H groups in total. The van der Waals surface area contributed by atoms with Gasteiger partial charge in [-0.2, -0.15) is 0 Å². The van der Waals surface area contributed by atoms with Crippen LogP contribution in [0.1, 0.15) is 35.1 Å². The van der Waals surface area contributed by atoms with Crippen LogP contribution in [0.2, 0.25) is 0 Å². The Balaban J connectivity index is 1.67. The second kappa shape index (κ2) is 4.04. The number of hydrogen-bond donors (Lipinski definition) is 2. The summed E-state index contributed by atoms with van der Waals surface area (Å²) in [5, 5.41) is 3.40. The van der Waals surface area contributed by atoms with Crippen molar-refractivity contribution in [1.29, 1.82) is 0 Å². The molecule has 4 rings (SSSR count). The molecule has 0 radical (unpaired) electrons. The highest BCUT2D eigenvalue weighted by molar-refractivity contribution is 6.03. The number of aromatic nitrogens is 1. The standard InChI is InChI=1S/C14H15N3O3/c15-12(18)8-2-1-3-9-11(8)20-13(17-9)10-6-19-14(4-5-14)7-16-10/h1-3,10,16H,4-7H2,(H2,15,18). The SMILES string of the molecule is NC(=O)c1cccc2nc(C3COC4(CC4)CN3)oc12. The van der Waals surface area contributed by atoms with Crippen molar-refractivity contribution < 1.29 is 13.9 Å². The number of nitrogens with zero attached hydrogens (tertiary/aromatic N) is 1. The molecule has 0 bridgehead atoms. The quantitative estimate of drug-likeness (QED) is 0.855. The fourth-order valence-electron chi connectivity index (χ4n) is 2.61. The summed E-state index contributed by atoms with van der Waals surface area (Å²) in [5.41, 5.74) is 6.85. The highest BCUT2D eigenvalue weighted by Crippen LogP contribution is 2.42. The van der Waals surface area contributed by atoms with Crippen molar-refractivity contribution in [3.63, 3.8) is 0 Å². The molecule has 1 spiro atoms. The van der Waals surface area contributed by atoms with Crippen molar-refractivity contribution in [2.24, 2.45) is 5.73 Å². The number of benzene rings is 1. The molecule has 6 nitrogen and oxygen atoms in total. The molecular formula is C14H15N3O3. The van der Waals surface area contributed by atoms with Gasteiger partial charge in [0.05, 0.1) is 17.8 Å². The maximum Gasteiger partial charge on any atom is 0.252 e. The van der Waals surface area contributed by atoms with Crippen LogP contribution in [0, 0.1) is 0 Å². The molecule has 1 aromatic carbocycles. The minimum absolute atomic E-state index is 0.0564. The molecular weight excluding hydrogens is 258 g/mol. The van der Waals surface area contributed by atoms with Crippen molar-refractivity contribution in [3.8, 4) is 0 Å². The number of ether oxygens (including phenoxy) is 1. The van der Waals surface area contributed by atoms with Crippen LogP contribution in [-0.2, 0) is 4.74 Å². The Labute approximate surface area is 115 Å². The number of hydrogen-bond acceptors (Lipinski definition) is 5. The van der Waals surface area contributed by atoms with Crippen molar-refractivity contribution in [2.75, 3.05) is 13.2 Å². The number of amides is 1. The van der Waals surface area contributed by atoms with E-state index < -0.39 is 5.91 Å². The smallest absolute Gasteiger partial charge is 0.252 e. The van der Waals surface area contributed by atoms with E-state index in [1.54, 1.807) is 18.2 Å². The van der Waals surface area contributed by atoms with Gasteiger partial charge >= 0.3 is 0 Å². The Morgan fingerprint density at radius 3 is 2.95 bits per heavy atom. The van der Waals surface area contributed by atoms with Gasteiger partial charge < -0.3 is 20.2 Å². The lowest BCUT2D eigenvalue weighted by molar-refractivity contribution is -0.0198. The predicted octanol–water partition coefficient (Wildman–Crippen LogP) is 1.12. The maximum atomic E-state index is 11.4. The van der Waals surface area contributed by atoms with E-state index >= 15 is 0 Å². The summed E-state index contributed by atoms with van der Waals surface area (Å²) >= 11 is 0. The van der Waals surface area contributed by atoms with Gasteiger partial charge in [-0.1, -0.05) is 6.07 Å².